The fourth-order valence-corrected chi connectivity index (χ4v) is 3.21. The third-order valence-electron chi connectivity index (χ3n) is 4.58. The number of nitrogens with one attached hydrogen (secondary N) is 2. The number of hydrogen-bond acceptors (Lipinski definition) is 4. The monoisotopic (exact) mass is 357 g/mol. The Morgan fingerprint density at radius 1 is 1.31 bits per heavy atom. The van der Waals surface area contributed by atoms with E-state index < -0.39 is 0 Å². The first-order chi connectivity index (χ1) is 12.6. The van der Waals surface area contributed by atoms with Gasteiger partial charge in [0.2, 0.25) is 0 Å². The SMILES string of the molecule is CCOc1ccccc1O[C@H]1CCC[C@H]1NC(=O)c1cnc(C(C)C)[nH]1. The Bertz CT molecular complexity index is 741. The van der Waals surface area contributed by atoms with Gasteiger partial charge in [-0.2, -0.15) is 0 Å². The quantitative estimate of drug-likeness (QED) is 0.793. The van der Waals surface area contributed by atoms with Crippen molar-refractivity contribution >= 4 is 5.91 Å². The minimum atomic E-state index is -0.136. The van der Waals surface area contributed by atoms with Gasteiger partial charge < -0.3 is 19.8 Å². The van der Waals surface area contributed by atoms with Crippen LogP contribution in [-0.2, 0) is 0 Å². The van der Waals surface area contributed by atoms with Gasteiger partial charge in [-0.15, -0.1) is 0 Å². The number of aromatic nitrogens is 2. The molecule has 0 aliphatic heterocycles. The van der Waals surface area contributed by atoms with Crippen molar-refractivity contribution in [2.45, 2.75) is 58.1 Å². The molecule has 1 saturated carbocycles. The lowest BCUT2D eigenvalue weighted by atomic mass is 10.2. The summed E-state index contributed by atoms with van der Waals surface area (Å²) < 4.78 is 11.8. The van der Waals surface area contributed by atoms with Crippen molar-refractivity contribution in [2.75, 3.05) is 6.61 Å². The van der Waals surface area contributed by atoms with Gasteiger partial charge in [-0.1, -0.05) is 26.0 Å². The van der Waals surface area contributed by atoms with Crippen molar-refractivity contribution in [2.24, 2.45) is 0 Å². The molecule has 1 fully saturated rings. The van der Waals surface area contributed by atoms with Crippen LogP contribution in [-0.4, -0.2) is 34.6 Å². The molecule has 1 aromatic carbocycles. The molecule has 0 bridgehead atoms. The van der Waals surface area contributed by atoms with Crippen molar-refractivity contribution in [1.29, 1.82) is 0 Å². The van der Waals surface area contributed by atoms with Gasteiger partial charge in [0.05, 0.1) is 18.8 Å². The van der Waals surface area contributed by atoms with Crippen LogP contribution in [0.2, 0.25) is 0 Å². The van der Waals surface area contributed by atoms with Gasteiger partial charge in [0, 0.05) is 5.92 Å². The molecule has 2 N–H and O–H groups in total. The molecule has 1 aliphatic rings. The van der Waals surface area contributed by atoms with Crippen LogP contribution in [0, 0.1) is 0 Å². The van der Waals surface area contributed by atoms with Crippen LogP contribution >= 0.6 is 0 Å². The second-order valence-electron chi connectivity index (χ2n) is 6.88. The van der Waals surface area contributed by atoms with Crippen LogP contribution in [0.1, 0.15) is 62.3 Å². The smallest absolute Gasteiger partial charge is 0.269 e. The summed E-state index contributed by atoms with van der Waals surface area (Å²) in [5.41, 5.74) is 0.495. The van der Waals surface area contributed by atoms with Crippen LogP contribution < -0.4 is 14.8 Å². The fourth-order valence-electron chi connectivity index (χ4n) is 3.21. The molecule has 0 radical (unpaired) electrons. The number of hydrogen-bond donors (Lipinski definition) is 2. The van der Waals surface area contributed by atoms with E-state index in [0.29, 0.717) is 12.3 Å². The molecule has 6 nitrogen and oxygen atoms in total. The zero-order valence-electron chi connectivity index (χ0n) is 15.6. The predicted molar refractivity (Wildman–Crippen MR) is 99.8 cm³/mol. The molecule has 2 atom stereocenters. The number of carbonyl (C=O) groups excluding carboxylic acids is 1. The fraction of sp³-hybridized carbons (Fsp3) is 0.500. The second-order valence-corrected chi connectivity index (χ2v) is 6.88. The maximum Gasteiger partial charge on any atom is 0.269 e. The van der Waals surface area contributed by atoms with E-state index in [1.54, 1.807) is 6.20 Å². The van der Waals surface area contributed by atoms with Crippen molar-refractivity contribution < 1.29 is 14.3 Å². The molecule has 3 rings (SSSR count). The molecule has 1 aromatic heterocycles. The molecule has 0 spiro atoms. The highest BCUT2D eigenvalue weighted by molar-refractivity contribution is 5.92. The first-order valence-electron chi connectivity index (χ1n) is 9.32. The van der Waals surface area contributed by atoms with E-state index in [9.17, 15) is 4.79 Å². The van der Waals surface area contributed by atoms with E-state index in [0.717, 1.165) is 36.6 Å². The maximum atomic E-state index is 12.5. The first-order valence-corrected chi connectivity index (χ1v) is 9.32. The Labute approximate surface area is 154 Å². The number of nitrogens with zero attached hydrogens (tertiary/aromatic N) is 1. The van der Waals surface area contributed by atoms with E-state index in [4.69, 9.17) is 9.47 Å². The third-order valence-corrected chi connectivity index (χ3v) is 4.58. The number of amides is 1. The number of ether oxygens (including phenoxy) is 2. The van der Waals surface area contributed by atoms with Gasteiger partial charge in [-0.05, 0) is 38.3 Å². The Balaban J connectivity index is 1.65. The van der Waals surface area contributed by atoms with Gasteiger partial charge in [0.25, 0.3) is 5.91 Å². The van der Waals surface area contributed by atoms with Crippen LogP contribution in [0.4, 0.5) is 0 Å². The number of benzene rings is 1. The molecule has 1 amide bonds. The zero-order valence-corrected chi connectivity index (χ0v) is 15.6. The normalized spacial score (nSPS) is 19.5. The average molecular weight is 357 g/mol. The van der Waals surface area contributed by atoms with Crippen molar-refractivity contribution in [1.82, 2.24) is 15.3 Å². The van der Waals surface area contributed by atoms with Crippen molar-refractivity contribution in [3.05, 3.63) is 42.0 Å². The predicted octanol–water partition coefficient (Wildman–Crippen LogP) is 3.66. The molecule has 1 aliphatic carbocycles. The minimum Gasteiger partial charge on any atom is -0.490 e. The van der Waals surface area contributed by atoms with Gasteiger partial charge in [-0.25, -0.2) is 4.98 Å². The highest BCUT2D eigenvalue weighted by Crippen LogP contribution is 2.31. The Hall–Kier alpha value is -2.50. The molecule has 1 heterocycles. The van der Waals surface area contributed by atoms with E-state index in [1.165, 1.54) is 0 Å². The van der Waals surface area contributed by atoms with Gasteiger partial charge in [0.1, 0.15) is 17.6 Å². The molecule has 140 valence electrons. The average Bonchev–Trinajstić information content (AvgIpc) is 3.27. The second kappa shape index (κ2) is 8.25. The van der Waals surface area contributed by atoms with Crippen LogP contribution in [0.3, 0.4) is 0 Å². The number of carbonyl (C=O) groups is 1. The maximum absolute atomic E-state index is 12.5. The summed E-state index contributed by atoms with van der Waals surface area (Å²) in [4.78, 5) is 19.9. The molecule has 26 heavy (non-hydrogen) atoms. The first kappa shape index (κ1) is 18.3. The highest BCUT2D eigenvalue weighted by atomic mass is 16.5. The summed E-state index contributed by atoms with van der Waals surface area (Å²) in [6.07, 6.45) is 4.37. The van der Waals surface area contributed by atoms with Crippen LogP contribution in [0.15, 0.2) is 30.5 Å². The molecule has 0 saturated heterocycles. The zero-order chi connectivity index (χ0) is 18.5. The van der Waals surface area contributed by atoms with E-state index in [2.05, 4.69) is 15.3 Å². The largest absolute Gasteiger partial charge is 0.490 e. The van der Waals surface area contributed by atoms with E-state index >= 15 is 0 Å². The van der Waals surface area contributed by atoms with Gasteiger partial charge in [0.15, 0.2) is 11.5 Å². The van der Waals surface area contributed by atoms with Crippen LogP contribution in [0.25, 0.3) is 0 Å². The lowest BCUT2D eigenvalue weighted by Crippen LogP contribution is -2.42. The minimum absolute atomic E-state index is 0.0250. The lowest BCUT2D eigenvalue weighted by molar-refractivity contribution is 0.0887. The van der Waals surface area contributed by atoms with E-state index in [1.807, 2.05) is 45.0 Å². The summed E-state index contributed by atoms with van der Waals surface area (Å²) in [5, 5.41) is 3.09. The summed E-state index contributed by atoms with van der Waals surface area (Å²) in [6.45, 7) is 6.61. The summed E-state index contributed by atoms with van der Waals surface area (Å²) in [6, 6.07) is 7.64. The van der Waals surface area contributed by atoms with Crippen LogP contribution in [0.5, 0.6) is 11.5 Å². The Morgan fingerprint density at radius 3 is 2.77 bits per heavy atom. The molecular weight excluding hydrogens is 330 g/mol. The molecule has 0 unspecified atom stereocenters. The summed E-state index contributed by atoms with van der Waals surface area (Å²) in [5.74, 6) is 2.41. The number of aromatic amines is 1. The van der Waals surface area contributed by atoms with Gasteiger partial charge >= 0.3 is 0 Å². The Kier molecular flexibility index (Phi) is 5.81. The molecule has 6 heteroatoms. The summed E-state index contributed by atoms with van der Waals surface area (Å²) in [7, 11) is 0. The number of imidazole rings is 1. The number of para-hydroxylation sites is 2. The lowest BCUT2D eigenvalue weighted by Gasteiger charge is -2.23. The van der Waals surface area contributed by atoms with E-state index in [-0.39, 0.29) is 24.0 Å². The highest BCUT2D eigenvalue weighted by Gasteiger charge is 2.31. The Morgan fingerprint density at radius 2 is 2.08 bits per heavy atom. The number of rotatable bonds is 7. The molecular formula is C20H27N3O3. The van der Waals surface area contributed by atoms with Gasteiger partial charge in [-0.3, -0.25) is 4.79 Å². The summed E-state index contributed by atoms with van der Waals surface area (Å²) >= 11 is 0. The standard InChI is InChI=1S/C20H27N3O3/c1-4-25-17-9-5-6-10-18(17)26-16-11-7-8-14(16)23-20(24)15-12-21-19(22-15)13(2)3/h5-6,9-10,12-14,16H,4,7-8,11H2,1-3H3,(H,21,22)(H,23,24)/t14-,16+/m1/s1. The third kappa shape index (κ3) is 4.18. The topological polar surface area (TPSA) is 76.2 Å². The van der Waals surface area contributed by atoms with Crippen molar-refractivity contribution in [3.8, 4) is 11.5 Å². The number of H-pyrrole nitrogens is 1. The molecule has 2 aromatic rings. The van der Waals surface area contributed by atoms with Crippen molar-refractivity contribution in [3.63, 3.8) is 0 Å².